The van der Waals surface area contributed by atoms with Gasteiger partial charge in [-0.25, -0.2) is 4.57 Å². The van der Waals surface area contributed by atoms with Crippen LogP contribution in [0.15, 0.2) is 53.3 Å². The average molecular weight is 417 g/mol. The first kappa shape index (κ1) is 19.9. The molecule has 0 aliphatic heterocycles. The van der Waals surface area contributed by atoms with Gasteiger partial charge >= 0.3 is 17.2 Å². The first-order valence-electron chi connectivity index (χ1n) is 7.60. The van der Waals surface area contributed by atoms with Crippen LogP contribution >= 0.6 is 11.3 Å². The maximum absolute atomic E-state index is 13.0. The summed E-state index contributed by atoms with van der Waals surface area (Å²) in [5.41, 5.74) is -2.27. The van der Waals surface area contributed by atoms with Gasteiger partial charge in [0, 0.05) is 6.08 Å². The quantitative estimate of drug-likeness (QED) is 0.411. The molecule has 3 aromatic rings. The zero-order valence-corrected chi connectivity index (χ0v) is 14.5. The second-order valence-electron chi connectivity index (χ2n) is 5.64. The summed E-state index contributed by atoms with van der Waals surface area (Å²) < 4.78 is 77.8. The van der Waals surface area contributed by atoms with Gasteiger partial charge in [0.05, 0.1) is 21.3 Å². The van der Waals surface area contributed by atoms with Crippen LogP contribution in [0.5, 0.6) is 0 Å². The molecule has 0 aliphatic carbocycles. The maximum Gasteiger partial charge on any atom is 0.416 e. The number of alkyl halides is 6. The summed E-state index contributed by atoms with van der Waals surface area (Å²) in [4.78, 5) is 23.5. The van der Waals surface area contributed by atoms with E-state index in [2.05, 4.69) is 0 Å². The van der Waals surface area contributed by atoms with E-state index in [-0.39, 0.29) is 15.8 Å². The predicted octanol–water partition coefficient (Wildman–Crippen LogP) is 5.45. The zero-order valence-electron chi connectivity index (χ0n) is 13.6. The van der Waals surface area contributed by atoms with Crippen LogP contribution in [0.2, 0.25) is 0 Å². The van der Waals surface area contributed by atoms with Crippen molar-refractivity contribution in [3.8, 4) is 0 Å². The number of allylic oxidation sites excluding steroid dienone is 1. The van der Waals surface area contributed by atoms with Gasteiger partial charge in [-0.05, 0) is 35.9 Å². The van der Waals surface area contributed by atoms with Crippen molar-refractivity contribution in [1.29, 1.82) is 0 Å². The van der Waals surface area contributed by atoms with Crippen LogP contribution in [0.25, 0.3) is 16.3 Å². The molecule has 0 fully saturated rings. The first-order valence-corrected chi connectivity index (χ1v) is 8.41. The molecule has 0 spiro atoms. The molecule has 1 aromatic heterocycles. The highest BCUT2D eigenvalue weighted by atomic mass is 32.1. The van der Waals surface area contributed by atoms with Crippen molar-refractivity contribution >= 4 is 33.5 Å². The molecular formula is C18H9F6NO2S. The van der Waals surface area contributed by atoms with E-state index in [1.165, 1.54) is 12.1 Å². The van der Waals surface area contributed by atoms with Crippen LogP contribution in [0.4, 0.5) is 26.3 Å². The summed E-state index contributed by atoms with van der Waals surface area (Å²) in [5, 5.41) is 0. The van der Waals surface area contributed by atoms with E-state index in [9.17, 15) is 35.9 Å². The third-order valence-corrected chi connectivity index (χ3v) is 4.70. The minimum atomic E-state index is -4.64. The Kier molecular flexibility index (Phi) is 4.92. The second-order valence-corrected chi connectivity index (χ2v) is 6.63. The number of fused-ring (bicyclic) bond motifs is 1. The molecule has 0 bridgehead atoms. The van der Waals surface area contributed by atoms with Crippen molar-refractivity contribution in [2.45, 2.75) is 12.4 Å². The molecule has 28 heavy (non-hydrogen) atoms. The Morgan fingerprint density at radius 3 is 2.29 bits per heavy atom. The Hall–Kier alpha value is -2.88. The van der Waals surface area contributed by atoms with Gasteiger partial charge in [0.25, 0.3) is 5.91 Å². The van der Waals surface area contributed by atoms with Crippen molar-refractivity contribution in [2.24, 2.45) is 0 Å². The molecule has 0 aliphatic rings. The minimum absolute atomic E-state index is 0.0539. The lowest BCUT2D eigenvalue weighted by atomic mass is 10.1. The fraction of sp³-hybridized carbons (Fsp3) is 0.111. The number of carbonyl (C=O) groups is 1. The van der Waals surface area contributed by atoms with Gasteiger partial charge < -0.3 is 0 Å². The van der Waals surface area contributed by atoms with Crippen LogP contribution in [0, 0.1) is 0 Å². The summed E-state index contributed by atoms with van der Waals surface area (Å²) in [6, 6.07) is 6.98. The molecule has 0 amide bonds. The third-order valence-electron chi connectivity index (χ3n) is 3.80. The van der Waals surface area contributed by atoms with Gasteiger partial charge in [0.1, 0.15) is 0 Å². The van der Waals surface area contributed by atoms with Crippen LogP contribution in [0.3, 0.4) is 0 Å². The van der Waals surface area contributed by atoms with Crippen molar-refractivity contribution in [1.82, 2.24) is 4.57 Å². The lowest BCUT2D eigenvalue weighted by molar-refractivity contribution is -0.138. The van der Waals surface area contributed by atoms with Crippen LogP contribution < -0.4 is 4.87 Å². The minimum Gasteiger partial charge on any atom is -0.269 e. The third kappa shape index (κ3) is 3.86. The highest BCUT2D eigenvalue weighted by Crippen LogP contribution is 2.33. The number of rotatable bonds is 2. The molecule has 3 rings (SSSR count). The molecule has 0 saturated heterocycles. The number of hydrogen-bond donors (Lipinski definition) is 0. The van der Waals surface area contributed by atoms with Crippen LogP contribution in [-0.4, -0.2) is 10.5 Å². The lowest BCUT2D eigenvalue weighted by Gasteiger charge is -2.09. The maximum atomic E-state index is 13.0. The Morgan fingerprint density at radius 2 is 1.64 bits per heavy atom. The molecule has 0 atom stereocenters. The van der Waals surface area contributed by atoms with Crippen molar-refractivity contribution in [3.05, 3.63) is 74.9 Å². The van der Waals surface area contributed by atoms with E-state index in [4.69, 9.17) is 0 Å². The number of thiazole rings is 1. The molecule has 2 aromatic carbocycles. The smallest absolute Gasteiger partial charge is 0.269 e. The summed E-state index contributed by atoms with van der Waals surface area (Å²) in [6.45, 7) is 0. The van der Waals surface area contributed by atoms with Crippen molar-refractivity contribution in [3.63, 3.8) is 0 Å². The summed E-state index contributed by atoms with van der Waals surface area (Å²) in [6.07, 6.45) is -7.57. The molecule has 0 saturated carbocycles. The zero-order chi connectivity index (χ0) is 20.7. The van der Waals surface area contributed by atoms with Gasteiger partial charge in [-0.15, -0.1) is 0 Å². The number of nitrogens with zero attached hydrogens (tertiary/aromatic N) is 1. The number of aromatic nitrogens is 1. The van der Waals surface area contributed by atoms with Gasteiger partial charge in [0.2, 0.25) is 0 Å². The predicted molar refractivity (Wildman–Crippen MR) is 92.2 cm³/mol. The fourth-order valence-corrected chi connectivity index (χ4v) is 3.46. The summed E-state index contributed by atoms with van der Waals surface area (Å²) in [7, 11) is 0. The number of hydrogen-bond acceptors (Lipinski definition) is 3. The second kappa shape index (κ2) is 6.93. The Balaban J connectivity index is 2.01. The standard InChI is InChI=1S/C18H9F6NO2S/c19-17(20,21)11-6-7-13-14(9-11)28-16(27)25(13)15(26)8-5-10-3-1-2-4-12(10)18(22,23)24/h1-9H. The average Bonchev–Trinajstić information content (AvgIpc) is 2.93. The van der Waals surface area contributed by atoms with E-state index in [0.717, 1.165) is 42.5 Å². The largest absolute Gasteiger partial charge is 0.416 e. The normalized spacial score (nSPS) is 12.8. The lowest BCUT2D eigenvalue weighted by Crippen LogP contribution is -2.19. The number of halogens is 6. The van der Waals surface area contributed by atoms with Crippen molar-refractivity contribution in [2.75, 3.05) is 0 Å². The van der Waals surface area contributed by atoms with Gasteiger partial charge in [-0.1, -0.05) is 29.5 Å². The number of benzene rings is 2. The summed E-state index contributed by atoms with van der Waals surface area (Å²) >= 11 is 0.439. The summed E-state index contributed by atoms with van der Waals surface area (Å²) in [5.74, 6) is -0.965. The highest BCUT2D eigenvalue weighted by Gasteiger charge is 2.32. The molecule has 0 N–H and O–H groups in total. The van der Waals surface area contributed by atoms with E-state index >= 15 is 0 Å². The van der Waals surface area contributed by atoms with Gasteiger partial charge in [0.15, 0.2) is 0 Å². The van der Waals surface area contributed by atoms with Crippen LogP contribution in [0.1, 0.15) is 21.5 Å². The topological polar surface area (TPSA) is 39.1 Å². The van der Waals surface area contributed by atoms with Gasteiger partial charge in [-0.2, -0.15) is 26.3 Å². The SMILES string of the molecule is O=C(C=Cc1ccccc1C(F)(F)F)n1c(=O)sc2cc(C(F)(F)F)ccc21. The Morgan fingerprint density at radius 1 is 0.964 bits per heavy atom. The highest BCUT2D eigenvalue weighted by molar-refractivity contribution is 7.16. The van der Waals surface area contributed by atoms with Crippen molar-refractivity contribution < 1.29 is 31.1 Å². The monoisotopic (exact) mass is 417 g/mol. The van der Waals surface area contributed by atoms with E-state index < -0.39 is 34.3 Å². The molecule has 10 heteroatoms. The Bertz CT molecular complexity index is 1140. The fourth-order valence-electron chi connectivity index (χ4n) is 2.54. The first-order chi connectivity index (χ1) is 13.0. The molecule has 1 heterocycles. The molecule has 3 nitrogen and oxygen atoms in total. The van der Waals surface area contributed by atoms with E-state index in [1.54, 1.807) is 0 Å². The Labute approximate surface area is 157 Å². The number of carbonyl (C=O) groups excluding carboxylic acids is 1. The van der Waals surface area contributed by atoms with E-state index in [1.807, 2.05) is 0 Å². The van der Waals surface area contributed by atoms with Gasteiger partial charge in [-0.3, -0.25) is 9.59 Å². The molecule has 146 valence electrons. The molecule has 0 radical (unpaired) electrons. The molecule has 0 unspecified atom stereocenters. The molecular weight excluding hydrogens is 408 g/mol. The van der Waals surface area contributed by atoms with Crippen LogP contribution in [-0.2, 0) is 12.4 Å². The van der Waals surface area contributed by atoms with E-state index in [0.29, 0.717) is 15.9 Å².